The van der Waals surface area contributed by atoms with E-state index in [1.54, 1.807) is 24.7 Å². The van der Waals surface area contributed by atoms with Gasteiger partial charge in [-0.1, -0.05) is 26.0 Å². The van der Waals surface area contributed by atoms with Crippen LogP contribution in [0, 0.1) is 11.0 Å². The number of pyridine rings is 2. The first-order valence-electron chi connectivity index (χ1n) is 11.9. The van der Waals surface area contributed by atoms with E-state index in [0.717, 1.165) is 55.0 Å². The summed E-state index contributed by atoms with van der Waals surface area (Å²) in [5, 5.41) is 21.4. The van der Waals surface area contributed by atoms with E-state index in [1.807, 2.05) is 30.3 Å². The van der Waals surface area contributed by atoms with E-state index >= 15 is 0 Å². The quantitative estimate of drug-likeness (QED) is 0.189. The first-order chi connectivity index (χ1) is 17.9. The average molecular weight is 514 g/mol. The van der Waals surface area contributed by atoms with E-state index < -0.39 is 6.23 Å². The predicted octanol–water partition coefficient (Wildman–Crippen LogP) is 6.21. The van der Waals surface area contributed by atoms with Crippen molar-refractivity contribution >= 4 is 39.1 Å². The fourth-order valence-corrected chi connectivity index (χ4v) is 5.18. The van der Waals surface area contributed by atoms with Gasteiger partial charge in [-0.2, -0.15) is 9.49 Å². The van der Waals surface area contributed by atoms with Crippen molar-refractivity contribution in [1.29, 1.82) is 0 Å². The van der Waals surface area contributed by atoms with Gasteiger partial charge in [-0.05, 0) is 42.7 Å². The molecule has 0 bridgehead atoms. The lowest BCUT2D eigenvalue weighted by molar-refractivity contribution is 0.176. The summed E-state index contributed by atoms with van der Waals surface area (Å²) >= 11 is 1.09. The number of aromatic nitrogens is 6. The number of H-pyrrole nitrogens is 2. The number of aliphatic hydroxyl groups is 1. The molecule has 0 aliphatic heterocycles. The van der Waals surface area contributed by atoms with Crippen molar-refractivity contribution in [3.63, 3.8) is 0 Å². The first-order valence-corrected chi connectivity index (χ1v) is 12.7. The molecule has 1 atom stereocenters. The zero-order valence-electron chi connectivity index (χ0n) is 20.2. The second-order valence-corrected chi connectivity index (χ2v) is 10.4. The van der Waals surface area contributed by atoms with Crippen molar-refractivity contribution in [1.82, 2.24) is 30.1 Å². The Bertz CT molecular complexity index is 1720. The largest absolute Gasteiger partial charge is 0.374 e. The standard InChI is InChI=1S/C27H24FN7OS/c1-14(2)8-23(36)31-17-9-15(11-29-13-17)16-10-19-25(34-35-26(19)30-12-16)27-32-20-5-3-4-18(24(20)33-27)21-6-7-22(28)37-21/h3-7,9-14,23,31,36H,8H2,1-2H3,(H,32,33)(H,30,34,35). The first kappa shape index (κ1) is 23.3. The minimum absolute atomic E-state index is 0.233. The summed E-state index contributed by atoms with van der Waals surface area (Å²) in [5.41, 5.74) is 6.17. The van der Waals surface area contributed by atoms with E-state index in [4.69, 9.17) is 4.98 Å². The number of aliphatic hydroxyl groups excluding tert-OH is 1. The second-order valence-electron chi connectivity index (χ2n) is 9.34. The lowest BCUT2D eigenvalue weighted by Crippen LogP contribution is -2.20. The molecule has 0 saturated carbocycles. The zero-order valence-corrected chi connectivity index (χ0v) is 21.0. The molecule has 6 rings (SSSR count). The topological polar surface area (TPSA) is 115 Å². The van der Waals surface area contributed by atoms with Crippen molar-refractivity contribution in [2.75, 3.05) is 5.32 Å². The fourth-order valence-electron chi connectivity index (χ4n) is 4.42. The van der Waals surface area contributed by atoms with Gasteiger partial charge in [0, 0.05) is 34.0 Å². The highest BCUT2D eigenvalue weighted by Gasteiger charge is 2.17. The van der Waals surface area contributed by atoms with Gasteiger partial charge in [0.1, 0.15) is 11.9 Å². The third kappa shape index (κ3) is 4.56. The van der Waals surface area contributed by atoms with Crippen molar-refractivity contribution in [2.45, 2.75) is 26.5 Å². The van der Waals surface area contributed by atoms with Crippen LogP contribution in [0.4, 0.5) is 10.1 Å². The SMILES string of the molecule is CC(C)CC(O)Nc1cncc(-c2cnc3[nH]nc(-c4nc5c(-c6ccc(F)s6)cccc5[nH]4)c3c2)c1. The molecule has 0 aliphatic rings. The van der Waals surface area contributed by atoms with Gasteiger partial charge in [0.2, 0.25) is 0 Å². The molecule has 0 amide bonds. The number of halogens is 1. The van der Waals surface area contributed by atoms with Crippen LogP contribution in [0.3, 0.4) is 0 Å². The number of para-hydroxylation sites is 1. The Balaban J connectivity index is 1.37. The number of nitrogens with zero attached hydrogens (tertiary/aromatic N) is 4. The Hall–Kier alpha value is -4.15. The highest BCUT2D eigenvalue weighted by Crippen LogP contribution is 2.35. The van der Waals surface area contributed by atoms with Gasteiger partial charge in [-0.25, -0.2) is 9.97 Å². The van der Waals surface area contributed by atoms with Gasteiger partial charge < -0.3 is 15.4 Å². The van der Waals surface area contributed by atoms with Crippen LogP contribution in [0.5, 0.6) is 0 Å². The minimum Gasteiger partial charge on any atom is -0.374 e. The summed E-state index contributed by atoms with van der Waals surface area (Å²) in [6, 6.07) is 13.0. The molecule has 1 unspecified atom stereocenters. The highest BCUT2D eigenvalue weighted by molar-refractivity contribution is 7.14. The number of anilines is 1. The van der Waals surface area contributed by atoms with Gasteiger partial charge in [0.15, 0.2) is 16.6 Å². The maximum atomic E-state index is 13.7. The van der Waals surface area contributed by atoms with E-state index in [-0.39, 0.29) is 5.13 Å². The molecule has 0 spiro atoms. The van der Waals surface area contributed by atoms with Crippen LogP contribution in [-0.4, -0.2) is 41.5 Å². The van der Waals surface area contributed by atoms with Gasteiger partial charge in [0.25, 0.3) is 0 Å². The number of aromatic amines is 2. The highest BCUT2D eigenvalue weighted by atomic mass is 32.1. The number of hydrogen-bond donors (Lipinski definition) is 4. The number of thiophene rings is 1. The molecule has 4 N–H and O–H groups in total. The fraction of sp³-hybridized carbons (Fsp3) is 0.185. The smallest absolute Gasteiger partial charge is 0.176 e. The molecule has 0 saturated heterocycles. The lowest BCUT2D eigenvalue weighted by atomic mass is 10.1. The van der Waals surface area contributed by atoms with Crippen LogP contribution < -0.4 is 5.32 Å². The summed E-state index contributed by atoms with van der Waals surface area (Å²) in [4.78, 5) is 17.9. The van der Waals surface area contributed by atoms with Gasteiger partial charge >= 0.3 is 0 Å². The third-order valence-electron chi connectivity index (χ3n) is 6.09. The molecule has 8 nitrogen and oxygen atoms in total. The Kier molecular flexibility index (Phi) is 5.90. The van der Waals surface area contributed by atoms with Crippen molar-refractivity contribution < 1.29 is 9.50 Å². The molecule has 0 fully saturated rings. The zero-order chi connectivity index (χ0) is 25.5. The van der Waals surface area contributed by atoms with E-state index in [9.17, 15) is 9.50 Å². The molecule has 5 heterocycles. The van der Waals surface area contributed by atoms with Crippen molar-refractivity contribution in [3.05, 3.63) is 66.2 Å². The molecule has 0 radical (unpaired) electrons. The molecule has 186 valence electrons. The van der Waals surface area contributed by atoms with Crippen molar-refractivity contribution in [3.8, 4) is 33.1 Å². The Morgan fingerprint density at radius 3 is 2.76 bits per heavy atom. The summed E-state index contributed by atoms with van der Waals surface area (Å²) in [6.45, 7) is 4.13. The van der Waals surface area contributed by atoms with Crippen LogP contribution in [0.2, 0.25) is 0 Å². The number of benzene rings is 1. The summed E-state index contributed by atoms with van der Waals surface area (Å²) in [7, 11) is 0. The molecule has 5 aromatic heterocycles. The maximum Gasteiger partial charge on any atom is 0.176 e. The van der Waals surface area contributed by atoms with Crippen LogP contribution in [0.1, 0.15) is 20.3 Å². The van der Waals surface area contributed by atoms with Crippen LogP contribution in [-0.2, 0) is 0 Å². The predicted molar refractivity (Wildman–Crippen MR) is 145 cm³/mol. The molecular weight excluding hydrogens is 489 g/mol. The average Bonchev–Trinajstić information content (AvgIpc) is 3.60. The van der Waals surface area contributed by atoms with E-state index in [0.29, 0.717) is 29.5 Å². The second kappa shape index (κ2) is 9.38. The molecule has 6 aromatic rings. The molecule has 37 heavy (non-hydrogen) atoms. The Labute approximate surface area is 215 Å². The Morgan fingerprint density at radius 2 is 1.95 bits per heavy atom. The molecule has 1 aromatic carbocycles. The van der Waals surface area contributed by atoms with Crippen LogP contribution >= 0.6 is 11.3 Å². The van der Waals surface area contributed by atoms with Gasteiger partial charge in [-0.3, -0.25) is 10.1 Å². The van der Waals surface area contributed by atoms with Crippen LogP contribution in [0.25, 0.3) is 55.2 Å². The summed E-state index contributed by atoms with van der Waals surface area (Å²) in [5.74, 6) is 0.959. The summed E-state index contributed by atoms with van der Waals surface area (Å²) in [6.07, 6.45) is 5.19. The van der Waals surface area contributed by atoms with Crippen molar-refractivity contribution in [2.24, 2.45) is 5.92 Å². The van der Waals surface area contributed by atoms with E-state index in [2.05, 4.69) is 44.3 Å². The number of hydrogen-bond acceptors (Lipinski definition) is 7. The minimum atomic E-state index is -0.651. The lowest BCUT2D eigenvalue weighted by Gasteiger charge is -2.16. The van der Waals surface area contributed by atoms with Crippen LogP contribution in [0.15, 0.2) is 61.1 Å². The van der Waals surface area contributed by atoms with E-state index in [1.165, 1.54) is 6.07 Å². The number of rotatable bonds is 7. The van der Waals surface area contributed by atoms with Gasteiger partial charge in [0.05, 0.1) is 28.3 Å². The normalized spacial score (nSPS) is 12.6. The third-order valence-corrected chi connectivity index (χ3v) is 7.00. The molecule has 10 heteroatoms. The summed E-state index contributed by atoms with van der Waals surface area (Å²) < 4.78 is 13.7. The Morgan fingerprint density at radius 1 is 1.08 bits per heavy atom. The van der Waals surface area contributed by atoms with Gasteiger partial charge in [-0.15, -0.1) is 11.3 Å². The molecular formula is C27H24FN7OS. The number of fused-ring (bicyclic) bond motifs is 2. The molecule has 0 aliphatic carbocycles. The number of imidazole rings is 1. The maximum absolute atomic E-state index is 13.7. The monoisotopic (exact) mass is 513 g/mol. The number of nitrogens with one attached hydrogen (secondary N) is 3.